The third kappa shape index (κ3) is 9.03. The number of aliphatic carboxylic acids is 2. The molecule has 13 atom stereocenters. The van der Waals surface area contributed by atoms with Crippen molar-refractivity contribution in [2.45, 2.75) is 203 Å². The Balaban J connectivity index is 0.000000645. The van der Waals surface area contributed by atoms with Crippen molar-refractivity contribution in [1.82, 2.24) is 10.2 Å². The number of unbranched alkanes of at least 4 members (excludes halogenated alkanes) is 1. The lowest BCUT2D eigenvalue weighted by Crippen LogP contribution is -2.68. The topological polar surface area (TPSA) is 202 Å². The van der Waals surface area contributed by atoms with Crippen LogP contribution in [0.25, 0.3) is 0 Å². The molecule has 66 heavy (non-hydrogen) atoms. The van der Waals surface area contributed by atoms with Gasteiger partial charge in [0, 0.05) is 30.5 Å². The van der Waals surface area contributed by atoms with Gasteiger partial charge in [-0.2, -0.15) is 0 Å². The zero-order chi connectivity index (χ0) is 49.0. The highest BCUT2D eigenvalue weighted by Gasteiger charge is 2.72. The Morgan fingerprint density at radius 1 is 0.818 bits per heavy atom. The number of allylic oxidation sites excluding steroid dienone is 1. The van der Waals surface area contributed by atoms with Gasteiger partial charge in [-0.3, -0.25) is 24.0 Å². The summed E-state index contributed by atoms with van der Waals surface area (Å²) in [7, 11) is 0. The van der Waals surface area contributed by atoms with Crippen LogP contribution in [0.4, 0.5) is 0 Å². The van der Waals surface area contributed by atoms with Gasteiger partial charge in [0.25, 0.3) is 0 Å². The van der Waals surface area contributed by atoms with Gasteiger partial charge in [-0.15, -0.1) is 0 Å². The minimum atomic E-state index is -1.16. The van der Waals surface area contributed by atoms with E-state index in [2.05, 4.69) is 72.2 Å². The second kappa shape index (κ2) is 19.1. The average molecular weight is 923 g/mol. The van der Waals surface area contributed by atoms with Crippen molar-refractivity contribution < 1.29 is 38.9 Å². The molecule has 1 aliphatic heterocycles. The van der Waals surface area contributed by atoms with E-state index in [0.717, 1.165) is 109 Å². The Morgan fingerprint density at radius 2 is 1.48 bits per heavy atom. The molecule has 1 heterocycles. The fourth-order valence-corrected chi connectivity index (χ4v) is 16.2. The first kappa shape index (κ1) is 52.4. The van der Waals surface area contributed by atoms with Crippen LogP contribution in [0.15, 0.2) is 12.2 Å². The molecule has 0 spiro atoms. The normalized spacial score (nSPS) is 39.1. The molecular formula is C54H90N4O8. The molecule has 1 saturated heterocycles. The Hall–Kier alpha value is -2.99. The van der Waals surface area contributed by atoms with E-state index in [1.165, 1.54) is 12.0 Å². The van der Waals surface area contributed by atoms with E-state index in [9.17, 15) is 24.3 Å². The second-order valence-corrected chi connectivity index (χ2v) is 25.3. The average Bonchev–Trinajstić information content (AvgIpc) is 3.65. The number of fused-ring (bicyclic) bond motifs is 7. The molecule has 7 fully saturated rings. The molecular weight excluding hydrogens is 833 g/mol. The summed E-state index contributed by atoms with van der Waals surface area (Å²) < 4.78 is 6.20. The maximum absolute atomic E-state index is 15.0. The summed E-state index contributed by atoms with van der Waals surface area (Å²) in [6.45, 7) is 29.1. The highest BCUT2D eigenvalue weighted by atomic mass is 16.5. The maximum Gasteiger partial charge on any atom is 0.320 e. The number of hydrogen-bond acceptors (Lipinski definition) is 8. The number of nitrogens with two attached hydrogens (primary N) is 2. The van der Waals surface area contributed by atoms with Crippen molar-refractivity contribution in [1.29, 1.82) is 0 Å². The van der Waals surface area contributed by atoms with Crippen LogP contribution in [0.2, 0.25) is 0 Å². The Kier molecular flexibility index (Phi) is 15.1. The van der Waals surface area contributed by atoms with E-state index in [4.69, 9.17) is 21.3 Å². The molecule has 0 aromatic heterocycles. The monoisotopic (exact) mass is 923 g/mol. The molecule has 374 valence electrons. The molecule has 4 unspecified atom stereocenters. The first-order valence-electron chi connectivity index (χ1n) is 26.0. The number of ether oxygens (including phenoxy) is 1. The SMILES string of the molecule is C=C(C)[C@@H]1CC[C@]2(C(=O)N[C@@H]3C[C@H](C(=O)N4CCCCC4)C3(C)C)CC[C@]3(C)C(CCC4[C@@]5(C)CC[C@H](OC(=O)CC(C)(C)C(=O)O)C(C)(C)C5CC[C@]43C)C12.NCCCC[C@H](N)C(=O)O. The Labute approximate surface area is 397 Å². The molecule has 12 nitrogen and oxygen atoms in total. The van der Waals surface area contributed by atoms with Crippen LogP contribution in [-0.2, 0) is 28.7 Å². The van der Waals surface area contributed by atoms with E-state index in [1.807, 2.05) is 0 Å². The molecule has 6 aliphatic carbocycles. The highest BCUT2D eigenvalue weighted by molar-refractivity contribution is 5.86. The van der Waals surface area contributed by atoms with Crippen molar-refractivity contribution in [2.75, 3.05) is 19.6 Å². The van der Waals surface area contributed by atoms with Crippen LogP contribution in [0.5, 0.6) is 0 Å². The standard InChI is InChI=1S/C48H76N2O6.C6H14N2O2/c1-29(2)30-17-22-48(40(53)49-35-27-32(43(35,5)6)39(52)50-25-13-12-14-26-50)24-23-46(10)31(38(30)48)15-16-34-45(9)20-19-36(56-37(51)28-42(3,4)41(54)55)44(7,8)33(45)18-21-47(34,46)11;7-4-2-1-3-5(8)6(9)10/h30-36,38H,1,12-28H2,2-11H3,(H,49,53)(H,54,55);5H,1-4,7-8H2,(H,9,10)/t30-,31?,32+,33?,34?,35+,36-,38?,45-,46+,47+,48-;5-/m00/s1. The number of rotatable bonds is 13. The fourth-order valence-electron chi connectivity index (χ4n) is 16.2. The lowest BCUT2D eigenvalue weighted by atomic mass is 9.32. The largest absolute Gasteiger partial charge is 0.481 e. The number of carboxylic acids is 2. The highest BCUT2D eigenvalue weighted by Crippen LogP contribution is 2.77. The first-order valence-corrected chi connectivity index (χ1v) is 26.0. The second-order valence-electron chi connectivity index (χ2n) is 25.3. The minimum absolute atomic E-state index is 0.0193. The van der Waals surface area contributed by atoms with Gasteiger partial charge in [0.15, 0.2) is 0 Å². The van der Waals surface area contributed by atoms with E-state index in [1.54, 1.807) is 13.8 Å². The van der Waals surface area contributed by atoms with Gasteiger partial charge < -0.3 is 36.6 Å². The van der Waals surface area contributed by atoms with Crippen LogP contribution < -0.4 is 16.8 Å². The number of nitrogens with one attached hydrogen (secondary N) is 1. The van der Waals surface area contributed by atoms with Gasteiger partial charge in [0.2, 0.25) is 11.8 Å². The summed E-state index contributed by atoms with van der Waals surface area (Å²) in [4.78, 5) is 65.8. The van der Waals surface area contributed by atoms with Crippen molar-refractivity contribution in [3.8, 4) is 0 Å². The van der Waals surface area contributed by atoms with Crippen LogP contribution >= 0.6 is 0 Å². The molecule has 0 aromatic carbocycles. The summed E-state index contributed by atoms with van der Waals surface area (Å²) in [6, 6.07) is -0.697. The van der Waals surface area contributed by atoms with Crippen molar-refractivity contribution in [3.63, 3.8) is 0 Å². The predicted octanol–water partition coefficient (Wildman–Crippen LogP) is 9.13. The number of carboxylic acid groups (broad SMARTS) is 2. The number of likely N-dealkylation sites (tertiary alicyclic amines) is 1. The summed E-state index contributed by atoms with van der Waals surface area (Å²) >= 11 is 0. The zero-order valence-corrected chi connectivity index (χ0v) is 42.7. The van der Waals surface area contributed by atoms with Crippen LogP contribution in [0.1, 0.15) is 185 Å². The molecule has 6 saturated carbocycles. The number of nitrogens with zero attached hydrogens (tertiary/aromatic N) is 1. The number of hydrogen-bond donors (Lipinski definition) is 5. The lowest BCUT2D eigenvalue weighted by Gasteiger charge is -2.73. The van der Waals surface area contributed by atoms with E-state index in [0.29, 0.717) is 42.5 Å². The van der Waals surface area contributed by atoms with Crippen LogP contribution in [0, 0.1) is 73.4 Å². The van der Waals surface area contributed by atoms with Crippen molar-refractivity contribution >= 4 is 29.7 Å². The smallest absolute Gasteiger partial charge is 0.320 e. The van der Waals surface area contributed by atoms with Crippen molar-refractivity contribution in [2.24, 2.45) is 84.9 Å². The zero-order valence-electron chi connectivity index (χ0n) is 42.7. The van der Waals surface area contributed by atoms with Crippen molar-refractivity contribution in [3.05, 3.63) is 12.2 Å². The molecule has 7 rings (SSSR count). The van der Waals surface area contributed by atoms with E-state index >= 15 is 4.79 Å². The summed E-state index contributed by atoms with van der Waals surface area (Å²) in [5.41, 5.74) is 9.93. The van der Waals surface area contributed by atoms with Crippen LogP contribution in [-0.4, -0.2) is 82.7 Å². The molecule has 0 aromatic rings. The van der Waals surface area contributed by atoms with E-state index in [-0.39, 0.29) is 63.4 Å². The summed E-state index contributed by atoms with van der Waals surface area (Å²) in [5.74, 6) is 0.188. The first-order chi connectivity index (χ1) is 30.7. The molecule has 0 bridgehead atoms. The van der Waals surface area contributed by atoms with Gasteiger partial charge in [0.05, 0.1) is 17.3 Å². The van der Waals surface area contributed by atoms with E-state index < -0.39 is 34.8 Å². The maximum atomic E-state index is 15.0. The van der Waals surface area contributed by atoms with Gasteiger partial charge in [-0.1, -0.05) is 67.0 Å². The van der Waals surface area contributed by atoms with Gasteiger partial charge in [-0.25, -0.2) is 0 Å². The Morgan fingerprint density at radius 3 is 2.08 bits per heavy atom. The van der Waals surface area contributed by atoms with Crippen LogP contribution in [0.3, 0.4) is 0 Å². The fraction of sp³-hybridized carbons (Fsp3) is 0.870. The van der Waals surface area contributed by atoms with Gasteiger partial charge in [-0.05, 0) is 181 Å². The third-order valence-electron chi connectivity index (χ3n) is 20.7. The molecule has 7 aliphatic rings. The van der Waals surface area contributed by atoms with Gasteiger partial charge >= 0.3 is 17.9 Å². The predicted molar refractivity (Wildman–Crippen MR) is 258 cm³/mol. The quantitative estimate of drug-likeness (QED) is 0.0674. The molecule has 2 amide bonds. The summed E-state index contributed by atoms with van der Waals surface area (Å²) in [6.07, 6.45) is 16.2. The third-order valence-corrected chi connectivity index (χ3v) is 20.7. The molecule has 12 heteroatoms. The number of carbonyl (C=O) groups excluding carboxylic acids is 3. The number of piperidine rings is 1. The lowest BCUT2D eigenvalue weighted by molar-refractivity contribution is -0.249. The molecule has 7 N–H and O–H groups in total. The summed E-state index contributed by atoms with van der Waals surface area (Å²) in [5, 5.41) is 21.6. The molecule has 0 radical (unpaired) electrons. The Bertz CT molecular complexity index is 1860. The number of amides is 2. The number of carbonyl (C=O) groups is 5. The minimum Gasteiger partial charge on any atom is -0.481 e. The van der Waals surface area contributed by atoms with Gasteiger partial charge in [0.1, 0.15) is 12.1 Å². The number of esters is 1.